The lowest BCUT2D eigenvalue weighted by molar-refractivity contribution is 0.775. The van der Waals surface area contributed by atoms with Crippen molar-refractivity contribution in [3.8, 4) is 5.82 Å². The van der Waals surface area contributed by atoms with E-state index in [1.54, 1.807) is 16.9 Å². The summed E-state index contributed by atoms with van der Waals surface area (Å²) < 4.78 is 1.61. The van der Waals surface area contributed by atoms with Gasteiger partial charge in [-0.25, -0.2) is 14.6 Å². The van der Waals surface area contributed by atoms with E-state index < -0.39 is 0 Å². The Labute approximate surface area is 69.1 Å². The molecule has 2 heterocycles. The van der Waals surface area contributed by atoms with Gasteiger partial charge in [-0.1, -0.05) is 5.21 Å². The molecular weight excluding hydrogens is 154 g/mol. The molecule has 2 aromatic heterocycles. The van der Waals surface area contributed by atoms with Crippen LogP contribution in [0.5, 0.6) is 0 Å². The largest absolute Gasteiger partial charge is 0.245 e. The molecule has 0 unspecified atom stereocenters. The summed E-state index contributed by atoms with van der Waals surface area (Å²) >= 11 is 0. The molecule has 0 fully saturated rings. The van der Waals surface area contributed by atoms with Crippen LogP contribution in [0.4, 0.5) is 0 Å². The van der Waals surface area contributed by atoms with Gasteiger partial charge >= 0.3 is 0 Å². The Balaban J connectivity index is 2.45. The van der Waals surface area contributed by atoms with Crippen molar-refractivity contribution >= 4 is 0 Å². The van der Waals surface area contributed by atoms with Gasteiger partial charge in [0.1, 0.15) is 6.33 Å². The molecule has 2 aromatic rings. The fraction of sp³-hybridized carbons (Fsp3) is 0.143. The Morgan fingerprint density at radius 1 is 1.42 bits per heavy atom. The topological polar surface area (TPSA) is 56.5 Å². The molecule has 0 atom stereocenters. The Hall–Kier alpha value is -1.78. The molecule has 0 saturated carbocycles. The zero-order valence-corrected chi connectivity index (χ0v) is 6.55. The summed E-state index contributed by atoms with van der Waals surface area (Å²) in [7, 11) is 0. The maximum atomic E-state index is 4.01. The smallest absolute Gasteiger partial charge is 0.158 e. The average molecular weight is 161 g/mol. The van der Waals surface area contributed by atoms with Crippen LogP contribution in [0.3, 0.4) is 0 Å². The van der Waals surface area contributed by atoms with Gasteiger partial charge in [-0.05, 0) is 6.92 Å². The second-order valence-electron chi connectivity index (χ2n) is 2.37. The van der Waals surface area contributed by atoms with Gasteiger partial charge in [0.05, 0.1) is 11.9 Å². The number of nitrogens with zero attached hydrogens (tertiary/aromatic N) is 5. The van der Waals surface area contributed by atoms with Crippen LogP contribution in [-0.4, -0.2) is 25.0 Å². The summed E-state index contributed by atoms with van der Waals surface area (Å²) in [5, 5.41) is 7.71. The Morgan fingerprint density at radius 2 is 2.33 bits per heavy atom. The van der Waals surface area contributed by atoms with Crippen molar-refractivity contribution < 1.29 is 0 Å². The number of hydrogen-bond donors (Lipinski definition) is 0. The van der Waals surface area contributed by atoms with Gasteiger partial charge in [-0.3, -0.25) is 0 Å². The van der Waals surface area contributed by atoms with E-state index in [9.17, 15) is 0 Å². The summed E-state index contributed by atoms with van der Waals surface area (Å²) in [5.41, 5.74) is 0.869. The van der Waals surface area contributed by atoms with E-state index >= 15 is 0 Å². The lowest BCUT2D eigenvalue weighted by atomic mass is 10.5. The second-order valence-corrected chi connectivity index (χ2v) is 2.37. The number of rotatable bonds is 1. The quantitative estimate of drug-likeness (QED) is 0.606. The van der Waals surface area contributed by atoms with Crippen molar-refractivity contribution in [2.45, 2.75) is 6.92 Å². The zero-order valence-electron chi connectivity index (χ0n) is 6.55. The fourth-order valence-corrected chi connectivity index (χ4v) is 0.879. The van der Waals surface area contributed by atoms with Crippen molar-refractivity contribution in [3.63, 3.8) is 0 Å². The fourth-order valence-electron chi connectivity index (χ4n) is 0.879. The van der Waals surface area contributed by atoms with Gasteiger partial charge in [0, 0.05) is 12.3 Å². The Bertz CT molecular complexity index is 366. The van der Waals surface area contributed by atoms with Gasteiger partial charge < -0.3 is 0 Å². The third-order valence-electron chi connectivity index (χ3n) is 1.41. The molecule has 2 rings (SSSR count). The van der Waals surface area contributed by atoms with E-state index in [-0.39, 0.29) is 0 Å². The number of hydrogen-bond acceptors (Lipinski definition) is 4. The van der Waals surface area contributed by atoms with Crippen LogP contribution in [0.15, 0.2) is 24.8 Å². The molecular formula is C7H7N5. The highest BCUT2D eigenvalue weighted by Gasteiger charge is 1.97. The number of aryl methyl sites for hydroxylation is 1. The number of aromatic nitrogens is 5. The second kappa shape index (κ2) is 2.69. The lowest BCUT2D eigenvalue weighted by Gasteiger charge is -1.94. The van der Waals surface area contributed by atoms with Crippen molar-refractivity contribution in [1.82, 2.24) is 25.0 Å². The van der Waals surface area contributed by atoms with Crippen molar-refractivity contribution in [2.24, 2.45) is 0 Å². The Kier molecular flexibility index (Phi) is 1.55. The predicted octanol–water partition coefficient (Wildman–Crippen LogP) is 0.366. The molecule has 12 heavy (non-hydrogen) atoms. The maximum absolute atomic E-state index is 4.01. The summed E-state index contributed by atoms with van der Waals surface area (Å²) in [6, 6.07) is 1.77. The van der Waals surface area contributed by atoms with E-state index in [1.807, 2.05) is 13.1 Å². The van der Waals surface area contributed by atoms with E-state index in [2.05, 4.69) is 20.3 Å². The molecule has 0 aliphatic heterocycles. The molecule has 0 N–H and O–H groups in total. The molecule has 0 aromatic carbocycles. The van der Waals surface area contributed by atoms with Crippen molar-refractivity contribution in [3.05, 3.63) is 30.5 Å². The summed E-state index contributed by atoms with van der Waals surface area (Å²) in [5.74, 6) is 0.727. The first-order valence-corrected chi connectivity index (χ1v) is 3.51. The molecule has 5 heteroatoms. The normalized spacial score (nSPS) is 10.1. The highest BCUT2D eigenvalue weighted by molar-refractivity contribution is 5.17. The third-order valence-corrected chi connectivity index (χ3v) is 1.41. The van der Waals surface area contributed by atoms with Crippen LogP contribution < -0.4 is 0 Å². The van der Waals surface area contributed by atoms with Crippen LogP contribution in [0.2, 0.25) is 0 Å². The first kappa shape index (κ1) is 6.90. The van der Waals surface area contributed by atoms with Crippen LogP contribution >= 0.6 is 0 Å². The molecule has 0 amide bonds. The van der Waals surface area contributed by atoms with E-state index in [0.717, 1.165) is 11.5 Å². The van der Waals surface area contributed by atoms with Crippen LogP contribution in [-0.2, 0) is 0 Å². The van der Waals surface area contributed by atoms with Gasteiger partial charge in [0.25, 0.3) is 0 Å². The molecule has 0 radical (unpaired) electrons. The predicted molar refractivity (Wildman–Crippen MR) is 41.7 cm³/mol. The molecule has 0 spiro atoms. The maximum Gasteiger partial charge on any atom is 0.158 e. The average Bonchev–Trinajstić information content (AvgIpc) is 2.54. The highest BCUT2D eigenvalue weighted by Crippen LogP contribution is 1.99. The van der Waals surface area contributed by atoms with Gasteiger partial charge in [0.15, 0.2) is 5.82 Å². The van der Waals surface area contributed by atoms with Gasteiger partial charge in [-0.15, -0.1) is 5.10 Å². The highest BCUT2D eigenvalue weighted by atomic mass is 15.4. The Morgan fingerprint density at radius 3 is 2.92 bits per heavy atom. The summed E-state index contributed by atoms with van der Waals surface area (Å²) in [6.07, 6.45) is 4.95. The first-order chi connectivity index (χ1) is 5.86. The molecule has 60 valence electrons. The van der Waals surface area contributed by atoms with Crippen LogP contribution in [0.25, 0.3) is 5.82 Å². The molecule has 0 aliphatic rings. The third kappa shape index (κ3) is 1.16. The van der Waals surface area contributed by atoms with Gasteiger partial charge in [0.2, 0.25) is 0 Å². The standard InChI is InChI=1S/C7H7N5/c1-6-4-12(11-10-6)7-2-3-8-5-9-7/h2-5H,1H3. The van der Waals surface area contributed by atoms with Crippen LogP contribution in [0.1, 0.15) is 5.69 Å². The molecule has 0 bridgehead atoms. The van der Waals surface area contributed by atoms with E-state index in [4.69, 9.17) is 0 Å². The molecule has 0 saturated heterocycles. The van der Waals surface area contributed by atoms with Crippen LogP contribution in [0, 0.1) is 6.92 Å². The first-order valence-electron chi connectivity index (χ1n) is 3.51. The lowest BCUT2D eigenvalue weighted by Crippen LogP contribution is -1.97. The zero-order chi connectivity index (χ0) is 8.39. The monoisotopic (exact) mass is 161 g/mol. The molecule has 5 nitrogen and oxygen atoms in total. The minimum absolute atomic E-state index is 0.727. The van der Waals surface area contributed by atoms with Gasteiger partial charge in [-0.2, -0.15) is 0 Å². The SMILES string of the molecule is Cc1cn(-c2ccncn2)nn1. The van der Waals surface area contributed by atoms with Crippen molar-refractivity contribution in [1.29, 1.82) is 0 Å². The van der Waals surface area contributed by atoms with E-state index in [0.29, 0.717) is 0 Å². The summed E-state index contributed by atoms with van der Waals surface area (Å²) in [6.45, 7) is 1.88. The van der Waals surface area contributed by atoms with Crippen molar-refractivity contribution in [2.75, 3.05) is 0 Å². The minimum Gasteiger partial charge on any atom is -0.245 e. The minimum atomic E-state index is 0.727. The molecule has 0 aliphatic carbocycles. The summed E-state index contributed by atoms with van der Waals surface area (Å²) in [4.78, 5) is 7.82. The van der Waals surface area contributed by atoms with E-state index in [1.165, 1.54) is 6.33 Å².